The summed E-state index contributed by atoms with van der Waals surface area (Å²) in [5.41, 5.74) is 2.48. The van der Waals surface area contributed by atoms with Crippen LogP contribution in [0, 0.1) is 19.7 Å². The maximum Gasteiger partial charge on any atom is 0.416 e. The van der Waals surface area contributed by atoms with Gasteiger partial charge in [-0.2, -0.15) is 18.3 Å². The van der Waals surface area contributed by atoms with Gasteiger partial charge in [0.15, 0.2) is 5.11 Å². The molecule has 9 heteroatoms. The number of rotatable bonds is 4. The molecule has 0 spiro atoms. The lowest BCUT2D eigenvalue weighted by Crippen LogP contribution is -2.20. The van der Waals surface area contributed by atoms with E-state index in [9.17, 15) is 17.6 Å². The molecule has 0 saturated heterocycles. The van der Waals surface area contributed by atoms with Crippen LogP contribution in [0.4, 0.5) is 28.9 Å². The SMILES string of the molecule is Cc1nn(Cc2ccc(F)cc2)c(C)c1NC(=S)Nc1cccc(C(F)(F)F)c1. The lowest BCUT2D eigenvalue weighted by molar-refractivity contribution is -0.137. The molecule has 0 atom stereocenters. The van der Waals surface area contributed by atoms with E-state index in [0.29, 0.717) is 17.9 Å². The molecule has 3 aromatic rings. The van der Waals surface area contributed by atoms with E-state index in [1.54, 1.807) is 23.7 Å². The van der Waals surface area contributed by atoms with Crippen molar-refractivity contribution in [3.05, 3.63) is 76.9 Å². The number of hydrogen-bond acceptors (Lipinski definition) is 2. The van der Waals surface area contributed by atoms with Gasteiger partial charge in [-0.25, -0.2) is 4.39 Å². The zero-order chi connectivity index (χ0) is 21.2. The minimum absolute atomic E-state index is 0.150. The lowest BCUT2D eigenvalue weighted by Gasteiger charge is -2.13. The Morgan fingerprint density at radius 1 is 1.07 bits per heavy atom. The fraction of sp³-hybridized carbons (Fsp3) is 0.200. The summed E-state index contributed by atoms with van der Waals surface area (Å²) in [6.45, 7) is 4.09. The quantitative estimate of drug-likeness (QED) is 0.430. The highest BCUT2D eigenvalue weighted by Crippen LogP contribution is 2.30. The van der Waals surface area contributed by atoms with Gasteiger partial charge in [0.25, 0.3) is 0 Å². The fourth-order valence-corrected chi connectivity index (χ4v) is 3.06. The van der Waals surface area contributed by atoms with Crippen molar-refractivity contribution < 1.29 is 17.6 Å². The van der Waals surface area contributed by atoms with Crippen molar-refractivity contribution in [1.29, 1.82) is 0 Å². The van der Waals surface area contributed by atoms with Gasteiger partial charge in [-0.1, -0.05) is 18.2 Å². The Morgan fingerprint density at radius 3 is 2.41 bits per heavy atom. The molecule has 0 aliphatic carbocycles. The molecule has 0 saturated carbocycles. The van der Waals surface area contributed by atoms with Crippen LogP contribution < -0.4 is 10.6 Å². The van der Waals surface area contributed by atoms with Gasteiger partial charge in [-0.15, -0.1) is 0 Å². The molecular weight excluding hydrogens is 404 g/mol. The van der Waals surface area contributed by atoms with Gasteiger partial charge < -0.3 is 10.6 Å². The minimum atomic E-state index is -4.43. The summed E-state index contributed by atoms with van der Waals surface area (Å²) in [5.74, 6) is -0.310. The van der Waals surface area contributed by atoms with Crippen LogP contribution in [0.3, 0.4) is 0 Å². The molecule has 1 heterocycles. The van der Waals surface area contributed by atoms with E-state index in [1.165, 1.54) is 24.3 Å². The normalized spacial score (nSPS) is 11.4. The molecule has 0 radical (unpaired) electrons. The molecule has 4 nitrogen and oxygen atoms in total. The average molecular weight is 422 g/mol. The molecule has 152 valence electrons. The topological polar surface area (TPSA) is 41.9 Å². The summed E-state index contributed by atoms with van der Waals surface area (Å²) < 4.78 is 53.4. The number of thiocarbonyl (C=S) groups is 1. The number of halogens is 4. The summed E-state index contributed by atoms with van der Waals surface area (Å²) in [6.07, 6.45) is -4.43. The third-order valence-electron chi connectivity index (χ3n) is 4.31. The Hall–Kier alpha value is -2.94. The van der Waals surface area contributed by atoms with Gasteiger partial charge >= 0.3 is 6.18 Å². The van der Waals surface area contributed by atoms with Gasteiger partial charge in [-0.3, -0.25) is 4.68 Å². The summed E-state index contributed by atoms with van der Waals surface area (Å²) >= 11 is 5.25. The lowest BCUT2D eigenvalue weighted by atomic mass is 10.2. The second-order valence-electron chi connectivity index (χ2n) is 6.49. The third-order valence-corrected chi connectivity index (χ3v) is 4.52. The summed E-state index contributed by atoms with van der Waals surface area (Å²) in [4.78, 5) is 0. The smallest absolute Gasteiger partial charge is 0.332 e. The van der Waals surface area contributed by atoms with Crippen molar-refractivity contribution in [3.63, 3.8) is 0 Å². The van der Waals surface area contributed by atoms with E-state index in [1.807, 2.05) is 6.92 Å². The Kier molecular flexibility index (Phi) is 5.88. The Labute approximate surface area is 170 Å². The molecule has 0 fully saturated rings. The molecular formula is C20H18F4N4S. The van der Waals surface area contributed by atoms with Crippen molar-refractivity contribution in [2.45, 2.75) is 26.6 Å². The monoisotopic (exact) mass is 422 g/mol. The van der Waals surface area contributed by atoms with Crippen molar-refractivity contribution in [2.75, 3.05) is 10.6 Å². The van der Waals surface area contributed by atoms with Crippen LogP contribution >= 0.6 is 12.2 Å². The van der Waals surface area contributed by atoms with Crippen LogP contribution in [-0.4, -0.2) is 14.9 Å². The van der Waals surface area contributed by atoms with Crippen molar-refractivity contribution in [1.82, 2.24) is 9.78 Å². The molecule has 29 heavy (non-hydrogen) atoms. The standard InChI is InChI=1S/C20H18F4N4S/c1-12-18(13(2)28(27-12)11-14-6-8-16(21)9-7-14)26-19(29)25-17-5-3-4-15(10-17)20(22,23)24/h3-10H,11H2,1-2H3,(H2,25,26,29). The average Bonchev–Trinajstić information content (AvgIpc) is 2.90. The van der Waals surface area contributed by atoms with Gasteiger partial charge in [0, 0.05) is 5.69 Å². The second-order valence-corrected chi connectivity index (χ2v) is 6.90. The van der Waals surface area contributed by atoms with Crippen LogP contribution in [0.15, 0.2) is 48.5 Å². The van der Waals surface area contributed by atoms with Crippen molar-refractivity contribution in [3.8, 4) is 0 Å². The molecule has 3 rings (SSSR count). The number of alkyl halides is 3. The zero-order valence-electron chi connectivity index (χ0n) is 15.6. The maximum atomic E-state index is 13.1. The highest BCUT2D eigenvalue weighted by molar-refractivity contribution is 7.80. The van der Waals surface area contributed by atoms with Crippen LogP contribution in [-0.2, 0) is 12.7 Å². The first kappa shape index (κ1) is 20.8. The summed E-state index contributed by atoms with van der Waals surface area (Å²) in [6, 6.07) is 10.9. The van der Waals surface area contributed by atoms with Crippen molar-refractivity contribution in [2.24, 2.45) is 0 Å². The Balaban J connectivity index is 1.72. The predicted molar refractivity (Wildman–Crippen MR) is 108 cm³/mol. The van der Waals surface area contributed by atoms with E-state index < -0.39 is 11.7 Å². The second kappa shape index (κ2) is 8.20. The first-order chi connectivity index (χ1) is 13.6. The van der Waals surface area contributed by atoms with Gasteiger partial charge in [0.05, 0.1) is 29.2 Å². The molecule has 2 N–H and O–H groups in total. The minimum Gasteiger partial charge on any atom is -0.332 e. The van der Waals surface area contributed by atoms with Gasteiger partial charge in [-0.05, 0) is 62.0 Å². The van der Waals surface area contributed by atoms with E-state index in [-0.39, 0.29) is 16.6 Å². The molecule has 0 bridgehead atoms. The zero-order valence-corrected chi connectivity index (χ0v) is 16.5. The number of benzene rings is 2. The predicted octanol–water partition coefficient (Wildman–Crippen LogP) is 5.52. The van der Waals surface area contributed by atoms with E-state index >= 15 is 0 Å². The molecule has 0 unspecified atom stereocenters. The number of aromatic nitrogens is 2. The highest BCUT2D eigenvalue weighted by atomic mass is 32.1. The molecule has 1 aromatic heterocycles. The molecule has 0 aliphatic rings. The number of aryl methyl sites for hydroxylation is 1. The van der Waals surface area contributed by atoms with Gasteiger partial charge in [0.1, 0.15) is 5.82 Å². The number of nitrogens with zero attached hydrogens (tertiary/aromatic N) is 2. The van der Waals surface area contributed by atoms with E-state index in [2.05, 4.69) is 15.7 Å². The van der Waals surface area contributed by atoms with Crippen LogP contribution in [0.1, 0.15) is 22.5 Å². The third kappa shape index (κ3) is 5.11. The van der Waals surface area contributed by atoms with Crippen LogP contribution in [0.25, 0.3) is 0 Å². The maximum absolute atomic E-state index is 13.1. The molecule has 0 amide bonds. The highest BCUT2D eigenvalue weighted by Gasteiger charge is 2.30. The Bertz CT molecular complexity index is 1030. The molecule has 2 aromatic carbocycles. The number of hydrogen-bond donors (Lipinski definition) is 2. The fourth-order valence-electron chi connectivity index (χ4n) is 2.84. The largest absolute Gasteiger partial charge is 0.416 e. The van der Waals surface area contributed by atoms with Gasteiger partial charge in [0.2, 0.25) is 0 Å². The van der Waals surface area contributed by atoms with Crippen molar-refractivity contribution >= 4 is 28.7 Å². The van der Waals surface area contributed by atoms with E-state index in [0.717, 1.165) is 23.4 Å². The first-order valence-corrected chi connectivity index (χ1v) is 9.08. The first-order valence-electron chi connectivity index (χ1n) is 8.67. The van der Waals surface area contributed by atoms with E-state index in [4.69, 9.17) is 12.2 Å². The van der Waals surface area contributed by atoms with Crippen LogP contribution in [0.5, 0.6) is 0 Å². The summed E-state index contributed by atoms with van der Waals surface area (Å²) in [5, 5.41) is 10.4. The number of anilines is 2. The Morgan fingerprint density at radius 2 is 1.76 bits per heavy atom. The molecule has 0 aliphatic heterocycles. The van der Waals surface area contributed by atoms with Crippen LogP contribution in [0.2, 0.25) is 0 Å². The number of nitrogens with one attached hydrogen (secondary N) is 2. The summed E-state index contributed by atoms with van der Waals surface area (Å²) in [7, 11) is 0.